The molecule has 2 saturated carbocycles. The molecule has 4 N–H and O–H groups in total. The van der Waals surface area contributed by atoms with Gasteiger partial charge >= 0.3 is 0 Å². The van der Waals surface area contributed by atoms with Crippen molar-refractivity contribution in [2.75, 3.05) is 23.7 Å². The fourth-order valence-electron chi connectivity index (χ4n) is 6.32. The van der Waals surface area contributed by atoms with Crippen LogP contribution < -0.4 is 16.4 Å². The van der Waals surface area contributed by atoms with E-state index in [1.54, 1.807) is 0 Å². The molecule has 6 rings (SSSR count). The van der Waals surface area contributed by atoms with Crippen molar-refractivity contribution >= 4 is 63.5 Å². The Morgan fingerprint density at radius 2 is 1.60 bits per heavy atom. The summed E-state index contributed by atoms with van der Waals surface area (Å²) in [7, 11) is -3.84. The Morgan fingerprint density at radius 1 is 0.930 bits per heavy atom. The van der Waals surface area contributed by atoms with Gasteiger partial charge in [-0.15, -0.1) is 24.8 Å². The molecule has 43 heavy (non-hydrogen) atoms. The summed E-state index contributed by atoms with van der Waals surface area (Å²) < 4.78 is 30.0. The lowest BCUT2D eigenvalue weighted by Gasteiger charge is -2.32. The van der Waals surface area contributed by atoms with Crippen molar-refractivity contribution in [3.05, 3.63) is 40.7 Å². The van der Waals surface area contributed by atoms with Gasteiger partial charge in [-0.3, -0.25) is 10.1 Å². The summed E-state index contributed by atoms with van der Waals surface area (Å²) in [6.45, 7) is 0.585. The van der Waals surface area contributed by atoms with Crippen molar-refractivity contribution in [3.8, 4) is 0 Å². The van der Waals surface area contributed by atoms with Gasteiger partial charge in [-0.05, 0) is 57.4 Å². The molecule has 0 amide bonds. The monoisotopic (exact) mass is 655 g/mol. The number of fused-ring (bicyclic) bond motifs is 1. The van der Waals surface area contributed by atoms with E-state index >= 15 is 0 Å². The summed E-state index contributed by atoms with van der Waals surface area (Å²) in [5, 5.41) is 18.2. The molecule has 0 radical (unpaired) electrons. The number of nitrogens with zero attached hydrogens (tertiary/aromatic N) is 6. The van der Waals surface area contributed by atoms with E-state index < -0.39 is 14.9 Å². The number of hydrogen-bond donors (Lipinski definition) is 3. The Kier molecular flexibility index (Phi) is 10.7. The smallest absolute Gasteiger partial charge is 0.270 e. The summed E-state index contributed by atoms with van der Waals surface area (Å²) in [4.78, 5) is 25.0. The molecule has 2 aliphatic carbocycles. The number of aromatic nitrogens is 4. The lowest BCUT2D eigenvalue weighted by atomic mass is 9.92. The SMILES string of the molecule is Cl.Cl.N[C@H]1CC[C@H](Nc2nc(NC3CCN(S(=O)(=O)c4cccc([N+](=O)[O-])c4)CC3)c3ncn(C4CCCC4)c3n2)CC1. The average molecular weight is 657 g/mol. The van der Waals surface area contributed by atoms with Gasteiger partial charge in [0.25, 0.3) is 5.69 Å². The van der Waals surface area contributed by atoms with Gasteiger partial charge in [-0.1, -0.05) is 18.9 Å². The molecular weight excluding hydrogens is 617 g/mol. The number of imidazole rings is 1. The molecule has 0 atom stereocenters. The van der Waals surface area contributed by atoms with Crippen LogP contribution >= 0.6 is 24.8 Å². The topological polar surface area (TPSA) is 174 Å². The van der Waals surface area contributed by atoms with Crippen LogP contribution in [-0.2, 0) is 10.0 Å². The fourth-order valence-corrected chi connectivity index (χ4v) is 7.83. The van der Waals surface area contributed by atoms with Crippen molar-refractivity contribution in [1.29, 1.82) is 0 Å². The number of halogens is 2. The predicted molar refractivity (Wildman–Crippen MR) is 170 cm³/mol. The Hall–Kier alpha value is -2.78. The number of non-ortho nitro benzene ring substituents is 1. The van der Waals surface area contributed by atoms with Crippen molar-refractivity contribution in [2.45, 2.75) is 93.3 Å². The molecular formula is C27H39Cl2N9O4S. The van der Waals surface area contributed by atoms with Gasteiger partial charge in [-0.2, -0.15) is 14.3 Å². The second-order valence-electron chi connectivity index (χ2n) is 11.5. The highest BCUT2D eigenvalue weighted by Crippen LogP contribution is 2.34. The van der Waals surface area contributed by atoms with Crippen LogP contribution in [0.4, 0.5) is 17.5 Å². The second-order valence-corrected chi connectivity index (χ2v) is 13.4. The maximum atomic E-state index is 13.2. The van der Waals surface area contributed by atoms with Crippen LogP contribution in [0.1, 0.15) is 70.3 Å². The lowest BCUT2D eigenvalue weighted by Crippen LogP contribution is -2.42. The molecule has 0 spiro atoms. The van der Waals surface area contributed by atoms with E-state index in [1.165, 1.54) is 35.3 Å². The largest absolute Gasteiger partial charge is 0.365 e. The standard InChI is InChI=1S/C27H37N9O4S.2ClH/c28-18-8-10-19(11-9-18)31-27-32-25(24-26(33-27)35(17-29-24)21-4-1-2-5-21)30-20-12-14-34(15-13-20)41(39,40)23-7-3-6-22(16-23)36(37)38;;/h3,6-7,16-21H,1-2,4-5,8-15,28H2,(H2,30,31,32,33);2*1H/t18-,19-;;. The Balaban J connectivity index is 0.00000212. The molecule has 1 aromatic carbocycles. The van der Waals surface area contributed by atoms with Crippen molar-refractivity contribution in [1.82, 2.24) is 23.8 Å². The number of benzene rings is 1. The summed E-state index contributed by atoms with van der Waals surface area (Å²) >= 11 is 0. The zero-order valence-corrected chi connectivity index (χ0v) is 26.2. The minimum Gasteiger partial charge on any atom is -0.365 e. The zero-order valence-electron chi connectivity index (χ0n) is 23.8. The number of rotatable bonds is 8. The van der Waals surface area contributed by atoms with Gasteiger partial charge in [0.2, 0.25) is 16.0 Å². The van der Waals surface area contributed by atoms with Gasteiger partial charge in [0.15, 0.2) is 17.0 Å². The number of nitro benzene ring substituents is 1. The van der Waals surface area contributed by atoms with Crippen LogP contribution in [-0.4, -0.2) is 68.4 Å². The van der Waals surface area contributed by atoms with Crippen LogP contribution in [0.15, 0.2) is 35.5 Å². The first kappa shape index (κ1) is 33.1. The van der Waals surface area contributed by atoms with E-state index in [0.29, 0.717) is 43.7 Å². The van der Waals surface area contributed by atoms with Crippen LogP contribution in [0.2, 0.25) is 0 Å². The second kappa shape index (κ2) is 13.9. The molecule has 1 aliphatic heterocycles. The van der Waals surface area contributed by atoms with E-state index in [1.807, 2.05) is 6.33 Å². The summed E-state index contributed by atoms with van der Waals surface area (Å²) in [5.74, 6) is 1.23. The maximum Gasteiger partial charge on any atom is 0.270 e. The lowest BCUT2D eigenvalue weighted by molar-refractivity contribution is -0.385. The minimum absolute atomic E-state index is 0. The number of anilines is 2. The highest BCUT2D eigenvalue weighted by Gasteiger charge is 2.31. The molecule has 2 aromatic heterocycles. The van der Waals surface area contributed by atoms with Gasteiger partial charge in [0, 0.05) is 49.4 Å². The molecule has 3 aliphatic rings. The van der Waals surface area contributed by atoms with Crippen LogP contribution in [0.25, 0.3) is 11.2 Å². The molecule has 16 heteroatoms. The normalized spacial score (nSPS) is 22.1. The highest BCUT2D eigenvalue weighted by molar-refractivity contribution is 7.89. The first-order chi connectivity index (χ1) is 19.8. The number of piperidine rings is 1. The molecule has 0 unspecified atom stereocenters. The number of nitro groups is 1. The third-order valence-electron chi connectivity index (χ3n) is 8.71. The van der Waals surface area contributed by atoms with Crippen LogP contribution in [0, 0.1) is 10.1 Å². The summed E-state index contributed by atoms with van der Waals surface area (Å²) in [6, 6.07) is 6.10. The van der Waals surface area contributed by atoms with Gasteiger partial charge < -0.3 is 20.9 Å². The third kappa shape index (κ3) is 7.14. The zero-order chi connectivity index (χ0) is 28.6. The highest BCUT2D eigenvalue weighted by atomic mass is 35.5. The molecule has 236 valence electrons. The fraction of sp³-hybridized carbons (Fsp3) is 0.593. The number of hydrogen-bond acceptors (Lipinski definition) is 10. The number of nitrogens with two attached hydrogens (primary N) is 1. The summed E-state index contributed by atoms with van der Waals surface area (Å²) in [5.41, 5.74) is 7.40. The average Bonchev–Trinajstić information content (AvgIpc) is 3.65. The Labute approximate surface area is 263 Å². The van der Waals surface area contributed by atoms with Crippen LogP contribution in [0.3, 0.4) is 0 Å². The van der Waals surface area contributed by atoms with E-state index in [9.17, 15) is 18.5 Å². The Morgan fingerprint density at radius 3 is 2.28 bits per heavy atom. The first-order valence-electron chi connectivity index (χ1n) is 14.6. The van der Waals surface area contributed by atoms with Crippen molar-refractivity contribution in [3.63, 3.8) is 0 Å². The van der Waals surface area contributed by atoms with Crippen molar-refractivity contribution < 1.29 is 13.3 Å². The van der Waals surface area contributed by atoms with E-state index in [-0.39, 0.29) is 53.5 Å². The van der Waals surface area contributed by atoms with Crippen molar-refractivity contribution in [2.24, 2.45) is 5.73 Å². The van der Waals surface area contributed by atoms with Crippen LogP contribution in [0.5, 0.6) is 0 Å². The van der Waals surface area contributed by atoms with Gasteiger partial charge in [-0.25, -0.2) is 13.4 Å². The molecule has 0 bridgehead atoms. The number of sulfonamides is 1. The van der Waals surface area contributed by atoms with Gasteiger partial charge in [0.1, 0.15) is 0 Å². The quantitative estimate of drug-likeness (QED) is 0.229. The van der Waals surface area contributed by atoms with E-state index in [4.69, 9.17) is 20.7 Å². The van der Waals surface area contributed by atoms with Gasteiger partial charge in [0.05, 0.1) is 16.1 Å². The molecule has 3 fully saturated rings. The first-order valence-corrected chi connectivity index (χ1v) is 16.0. The molecule has 13 nitrogen and oxygen atoms in total. The number of nitrogens with one attached hydrogen (secondary N) is 2. The third-order valence-corrected chi connectivity index (χ3v) is 10.6. The molecule has 3 aromatic rings. The predicted octanol–water partition coefficient (Wildman–Crippen LogP) is 4.64. The molecule has 3 heterocycles. The molecule has 1 saturated heterocycles. The Bertz CT molecular complexity index is 1520. The minimum atomic E-state index is -3.84. The van der Waals surface area contributed by atoms with E-state index in [2.05, 4.69) is 15.2 Å². The maximum absolute atomic E-state index is 13.2. The van der Waals surface area contributed by atoms with E-state index in [0.717, 1.165) is 55.8 Å². The summed E-state index contributed by atoms with van der Waals surface area (Å²) in [6.07, 6.45) is 11.5.